The summed E-state index contributed by atoms with van der Waals surface area (Å²) in [4.78, 5) is 38.2. The van der Waals surface area contributed by atoms with Crippen LogP contribution in [0.15, 0.2) is 0 Å². The molecule has 0 spiro atoms. The summed E-state index contributed by atoms with van der Waals surface area (Å²) in [6, 6.07) is 0. The van der Waals surface area contributed by atoms with E-state index in [4.69, 9.17) is 14.2 Å². The van der Waals surface area contributed by atoms with Crippen LogP contribution < -0.4 is 5.32 Å². The molecule has 1 rings (SSSR count). The number of esters is 3. The first-order valence-corrected chi connectivity index (χ1v) is 12.9. The van der Waals surface area contributed by atoms with E-state index in [-0.39, 0.29) is 19.1 Å². The lowest BCUT2D eigenvalue weighted by molar-refractivity contribution is -0.187. The highest BCUT2D eigenvalue weighted by Gasteiger charge is 2.46. The predicted octanol–water partition coefficient (Wildman–Crippen LogP) is 4.22. The van der Waals surface area contributed by atoms with E-state index in [1.54, 1.807) is 27.7 Å². The third kappa shape index (κ3) is 8.60. The Kier molecular flexibility index (Phi) is 10.5. The van der Waals surface area contributed by atoms with E-state index in [0.717, 1.165) is 25.9 Å². The fourth-order valence-electron chi connectivity index (χ4n) is 3.21. The third-order valence-corrected chi connectivity index (χ3v) is 6.60. The van der Waals surface area contributed by atoms with Crippen LogP contribution in [0, 0.1) is 11.3 Å². The maximum Gasteiger partial charge on any atom is 0.321 e. The molecule has 0 aliphatic carbocycles. The number of piperidine rings is 1. The summed E-state index contributed by atoms with van der Waals surface area (Å²) in [6.07, 6.45) is 2.13. The number of alkyl halides is 2. The average molecular weight is 665 g/mol. The lowest BCUT2D eigenvalue weighted by Gasteiger charge is -2.40. The molecule has 0 atom stereocenters. The number of nitrogens with one attached hydrogen (secondary N) is 1. The average Bonchev–Trinajstić information content (AvgIpc) is 2.66. The van der Waals surface area contributed by atoms with Crippen LogP contribution >= 0.6 is 45.2 Å². The van der Waals surface area contributed by atoms with E-state index in [1.807, 2.05) is 66.0 Å². The van der Waals surface area contributed by atoms with Crippen molar-refractivity contribution in [3.8, 4) is 0 Å². The molecule has 0 radical (unpaired) electrons. The van der Waals surface area contributed by atoms with Crippen molar-refractivity contribution in [2.75, 3.05) is 26.3 Å². The van der Waals surface area contributed by atoms with Crippen molar-refractivity contribution in [1.29, 1.82) is 0 Å². The Balaban J connectivity index is 3.08. The molecule has 1 heterocycles. The molecule has 1 aliphatic heterocycles. The van der Waals surface area contributed by atoms with Gasteiger partial charge in [0.25, 0.3) is 0 Å². The Labute approximate surface area is 213 Å². The minimum absolute atomic E-state index is 0.204. The first-order chi connectivity index (χ1) is 14.0. The highest BCUT2D eigenvalue weighted by Crippen LogP contribution is 2.35. The predicted molar refractivity (Wildman–Crippen MR) is 137 cm³/mol. The Morgan fingerprint density at radius 1 is 0.839 bits per heavy atom. The molecule has 0 aromatic carbocycles. The molecule has 1 N–H and O–H groups in total. The van der Waals surface area contributed by atoms with Crippen LogP contribution in [-0.4, -0.2) is 56.7 Å². The van der Waals surface area contributed by atoms with Gasteiger partial charge >= 0.3 is 17.9 Å². The molecule has 7 nitrogen and oxygen atoms in total. The maximum atomic E-state index is 13.5. The van der Waals surface area contributed by atoms with Crippen LogP contribution in [0.3, 0.4) is 0 Å². The van der Waals surface area contributed by atoms with Gasteiger partial charge in [-0.25, -0.2) is 0 Å². The molecular weight excluding hydrogens is 628 g/mol. The molecule has 31 heavy (non-hydrogen) atoms. The molecule has 0 aromatic rings. The number of carbonyl (C=O) groups excluding carboxylic acids is 3. The summed E-state index contributed by atoms with van der Waals surface area (Å²) >= 11 is 3.99. The zero-order valence-corrected chi connectivity index (χ0v) is 24.0. The molecule has 0 bridgehead atoms. The first-order valence-electron chi connectivity index (χ1n) is 10.7. The molecule has 1 fully saturated rings. The monoisotopic (exact) mass is 665 g/mol. The number of halogens is 2. The van der Waals surface area contributed by atoms with Crippen LogP contribution in [0.4, 0.5) is 0 Å². The SMILES string of the molecule is CCC(COC(=O)C(C)(C)I)(COC(=O)C(C)(C)I)C(=O)OC(C)(C)C1CCNCC1. The van der Waals surface area contributed by atoms with Crippen molar-refractivity contribution in [1.82, 2.24) is 5.32 Å². The lowest BCUT2D eigenvalue weighted by atomic mass is 9.82. The molecule has 0 unspecified atom stereocenters. The van der Waals surface area contributed by atoms with E-state index in [1.165, 1.54) is 0 Å². The smallest absolute Gasteiger partial charge is 0.321 e. The molecule has 180 valence electrons. The summed E-state index contributed by atoms with van der Waals surface area (Å²) in [5, 5.41) is 3.32. The van der Waals surface area contributed by atoms with E-state index in [9.17, 15) is 14.4 Å². The second-order valence-electron chi connectivity index (χ2n) is 9.75. The highest BCUT2D eigenvalue weighted by molar-refractivity contribution is 14.1. The van der Waals surface area contributed by atoms with Crippen LogP contribution in [-0.2, 0) is 28.6 Å². The molecule has 0 saturated carbocycles. The van der Waals surface area contributed by atoms with Gasteiger partial charge in [-0.05, 0) is 73.9 Å². The van der Waals surface area contributed by atoms with Gasteiger partial charge in [0.05, 0.1) is 0 Å². The van der Waals surface area contributed by atoms with Crippen molar-refractivity contribution in [2.24, 2.45) is 11.3 Å². The van der Waals surface area contributed by atoms with Gasteiger partial charge in [-0.3, -0.25) is 14.4 Å². The van der Waals surface area contributed by atoms with Crippen molar-refractivity contribution >= 4 is 63.1 Å². The third-order valence-electron chi connectivity index (χ3n) is 5.72. The van der Waals surface area contributed by atoms with Crippen LogP contribution in [0.5, 0.6) is 0 Å². The molecule has 1 saturated heterocycles. The number of rotatable bonds is 10. The molecule has 1 aliphatic rings. The normalized spacial score (nSPS) is 16.5. The van der Waals surface area contributed by atoms with Gasteiger partial charge < -0.3 is 19.5 Å². The van der Waals surface area contributed by atoms with E-state index >= 15 is 0 Å². The standard InChI is InChI=1S/C22H37I2NO6/c1-8-22(13-29-16(26)19(2,3)23,14-30-17(27)20(4,5)24)18(28)31-21(6,7)15-9-11-25-12-10-15/h15,25H,8-14H2,1-7H3. The summed E-state index contributed by atoms with van der Waals surface area (Å²) in [6.45, 7) is 14.0. The second kappa shape index (κ2) is 11.3. The number of hydrogen-bond donors (Lipinski definition) is 1. The zero-order valence-electron chi connectivity index (χ0n) is 19.7. The minimum Gasteiger partial charge on any atom is -0.463 e. The maximum absolute atomic E-state index is 13.5. The second-order valence-corrected chi connectivity index (χ2v) is 15.1. The molecule has 0 aromatic heterocycles. The van der Waals surface area contributed by atoms with Crippen molar-refractivity contribution in [2.45, 2.75) is 80.2 Å². The Hall–Kier alpha value is -0.170. The van der Waals surface area contributed by atoms with E-state index in [2.05, 4.69) is 5.32 Å². The number of ether oxygens (including phenoxy) is 3. The van der Waals surface area contributed by atoms with Crippen LogP contribution in [0.25, 0.3) is 0 Å². The Bertz CT molecular complexity index is 615. The molecule has 9 heteroatoms. The fourth-order valence-corrected chi connectivity index (χ4v) is 3.52. The van der Waals surface area contributed by atoms with Gasteiger partial charge in [0.15, 0.2) is 0 Å². The van der Waals surface area contributed by atoms with Gasteiger partial charge in [0.1, 0.15) is 31.1 Å². The summed E-state index contributed by atoms with van der Waals surface area (Å²) in [7, 11) is 0. The van der Waals surface area contributed by atoms with Gasteiger partial charge in [0, 0.05) is 5.92 Å². The first kappa shape index (κ1) is 28.9. The van der Waals surface area contributed by atoms with E-state index in [0.29, 0.717) is 6.42 Å². The molecule has 0 amide bonds. The van der Waals surface area contributed by atoms with Gasteiger partial charge in [-0.2, -0.15) is 0 Å². The fraction of sp³-hybridized carbons (Fsp3) is 0.864. The van der Waals surface area contributed by atoms with Gasteiger partial charge in [-0.15, -0.1) is 0 Å². The lowest BCUT2D eigenvalue weighted by Crippen LogP contribution is -2.50. The molecular formula is C22H37I2NO6. The quantitative estimate of drug-likeness (QED) is 0.162. The van der Waals surface area contributed by atoms with Crippen molar-refractivity contribution < 1.29 is 28.6 Å². The van der Waals surface area contributed by atoms with E-state index < -0.39 is 35.8 Å². The Morgan fingerprint density at radius 2 is 1.26 bits per heavy atom. The minimum atomic E-state index is -1.26. The highest BCUT2D eigenvalue weighted by atomic mass is 127. The largest absolute Gasteiger partial charge is 0.463 e. The Morgan fingerprint density at radius 3 is 1.61 bits per heavy atom. The summed E-state index contributed by atoms with van der Waals surface area (Å²) < 4.78 is 15.6. The summed E-state index contributed by atoms with van der Waals surface area (Å²) in [5.41, 5.74) is -1.95. The van der Waals surface area contributed by atoms with Gasteiger partial charge in [0.2, 0.25) is 0 Å². The van der Waals surface area contributed by atoms with Crippen LogP contribution in [0.1, 0.15) is 67.7 Å². The summed E-state index contributed by atoms with van der Waals surface area (Å²) in [5.74, 6) is -1.15. The van der Waals surface area contributed by atoms with Crippen molar-refractivity contribution in [3.63, 3.8) is 0 Å². The van der Waals surface area contributed by atoms with Crippen LogP contribution in [0.2, 0.25) is 0 Å². The van der Waals surface area contributed by atoms with Crippen molar-refractivity contribution in [3.05, 3.63) is 0 Å². The number of carbonyl (C=O) groups is 3. The number of hydrogen-bond acceptors (Lipinski definition) is 7. The zero-order chi connectivity index (χ0) is 24.1. The topological polar surface area (TPSA) is 90.9 Å². The van der Waals surface area contributed by atoms with Gasteiger partial charge in [-0.1, -0.05) is 52.1 Å².